The molecule has 0 aliphatic carbocycles. The molecule has 18 heavy (non-hydrogen) atoms. The molecule has 98 valence electrons. The molecule has 0 bridgehead atoms. The maximum absolute atomic E-state index is 12.4. The molecule has 2 rings (SSSR count). The molecule has 1 aromatic rings. The summed E-state index contributed by atoms with van der Waals surface area (Å²) in [5.74, 6) is 0.0791. The first-order chi connectivity index (χ1) is 8.53. The second-order valence-corrected chi connectivity index (χ2v) is 5.84. The normalized spacial score (nSPS) is 18.7. The van der Waals surface area contributed by atoms with E-state index in [9.17, 15) is 9.90 Å². The fourth-order valence-corrected chi connectivity index (χ4v) is 2.77. The summed E-state index contributed by atoms with van der Waals surface area (Å²) < 4.78 is 0. The van der Waals surface area contributed by atoms with Gasteiger partial charge in [0.15, 0.2) is 0 Å². The Hall–Kier alpha value is -1.00. The van der Waals surface area contributed by atoms with Crippen molar-refractivity contribution in [2.24, 2.45) is 0 Å². The minimum atomic E-state index is -0.615. The summed E-state index contributed by atoms with van der Waals surface area (Å²) in [4.78, 5) is 15.3. The number of aliphatic hydroxyl groups is 1. The molecule has 4 heteroatoms. The number of carbonyl (C=O) groups is 1. The zero-order valence-electron chi connectivity index (χ0n) is 10.8. The predicted molar refractivity (Wildman–Crippen MR) is 74.0 cm³/mol. The number of hydrogen-bond donors (Lipinski definition) is 1. The fourth-order valence-electron chi connectivity index (χ4n) is 2.18. The van der Waals surface area contributed by atoms with Crippen LogP contribution in [0, 0.1) is 0 Å². The van der Waals surface area contributed by atoms with Crippen LogP contribution in [0.15, 0.2) is 29.2 Å². The summed E-state index contributed by atoms with van der Waals surface area (Å²) in [6, 6.07) is 7.69. The van der Waals surface area contributed by atoms with Crippen LogP contribution >= 0.6 is 11.8 Å². The van der Waals surface area contributed by atoms with E-state index >= 15 is 0 Å². The third-order valence-corrected chi connectivity index (χ3v) is 4.26. The molecular formula is C14H19NO2S. The van der Waals surface area contributed by atoms with Gasteiger partial charge in [-0.05, 0) is 38.2 Å². The first-order valence-corrected chi connectivity index (χ1v) is 7.41. The average molecular weight is 265 g/mol. The van der Waals surface area contributed by atoms with Gasteiger partial charge in [-0.2, -0.15) is 0 Å². The summed E-state index contributed by atoms with van der Waals surface area (Å²) in [7, 11) is 0. The molecule has 1 saturated heterocycles. The highest BCUT2D eigenvalue weighted by Crippen LogP contribution is 2.25. The number of nitrogens with zero attached hydrogens (tertiary/aromatic N) is 1. The number of carbonyl (C=O) groups excluding carboxylic acids is 1. The molecule has 1 fully saturated rings. The van der Waals surface area contributed by atoms with Crippen LogP contribution in [0.2, 0.25) is 0 Å². The van der Waals surface area contributed by atoms with E-state index in [-0.39, 0.29) is 5.91 Å². The van der Waals surface area contributed by atoms with Gasteiger partial charge in [-0.15, -0.1) is 11.8 Å². The molecule has 1 aromatic carbocycles. The van der Waals surface area contributed by atoms with Gasteiger partial charge < -0.3 is 10.0 Å². The number of benzene rings is 1. The number of piperidine rings is 1. The van der Waals surface area contributed by atoms with E-state index in [4.69, 9.17) is 0 Å². The van der Waals surface area contributed by atoms with Crippen LogP contribution in [-0.2, 0) is 0 Å². The Kier molecular flexibility index (Phi) is 3.97. The van der Waals surface area contributed by atoms with E-state index in [0.29, 0.717) is 25.9 Å². The summed E-state index contributed by atoms with van der Waals surface area (Å²) >= 11 is 1.59. The van der Waals surface area contributed by atoms with Crippen molar-refractivity contribution in [1.82, 2.24) is 4.90 Å². The van der Waals surface area contributed by atoms with E-state index in [1.165, 1.54) is 0 Å². The van der Waals surface area contributed by atoms with E-state index in [1.54, 1.807) is 11.8 Å². The fraction of sp³-hybridized carbons (Fsp3) is 0.500. The maximum atomic E-state index is 12.4. The van der Waals surface area contributed by atoms with Gasteiger partial charge in [-0.25, -0.2) is 0 Å². The molecule has 1 aliphatic heterocycles. The van der Waals surface area contributed by atoms with Gasteiger partial charge in [-0.3, -0.25) is 4.79 Å². The lowest BCUT2D eigenvalue weighted by atomic mass is 9.93. The number of likely N-dealkylation sites (tertiary alicyclic amines) is 1. The van der Waals surface area contributed by atoms with Crippen LogP contribution < -0.4 is 0 Å². The molecule has 0 unspecified atom stereocenters. The number of thioether (sulfide) groups is 1. The number of hydrogen-bond acceptors (Lipinski definition) is 3. The third-order valence-electron chi connectivity index (χ3n) is 3.47. The lowest BCUT2D eigenvalue weighted by molar-refractivity contribution is -0.00212. The van der Waals surface area contributed by atoms with Crippen molar-refractivity contribution >= 4 is 17.7 Å². The second-order valence-electron chi connectivity index (χ2n) is 4.99. The topological polar surface area (TPSA) is 40.5 Å². The molecule has 0 atom stereocenters. The van der Waals surface area contributed by atoms with Gasteiger partial charge in [0, 0.05) is 18.0 Å². The smallest absolute Gasteiger partial charge is 0.254 e. The van der Waals surface area contributed by atoms with Gasteiger partial charge in [0.2, 0.25) is 0 Å². The van der Waals surface area contributed by atoms with Crippen molar-refractivity contribution in [1.29, 1.82) is 0 Å². The molecule has 1 aliphatic rings. The Morgan fingerprint density at radius 1 is 1.33 bits per heavy atom. The van der Waals surface area contributed by atoms with Crippen molar-refractivity contribution < 1.29 is 9.90 Å². The maximum Gasteiger partial charge on any atom is 0.254 e. The number of amides is 1. The highest BCUT2D eigenvalue weighted by molar-refractivity contribution is 7.98. The predicted octanol–water partition coefficient (Wildman–Crippen LogP) is 2.40. The summed E-state index contributed by atoms with van der Waals surface area (Å²) in [6.07, 6.45) is 3.29. The quantitative estimate of drug-likeness (QED) is 0.835. The molecule has 1 N–H and O–H groups in total. The van der Waals surface area contributed by atoms with Crippen LogP contribution in [0.25, 0.3) is 0 Å². The Morgan fingerprint density at radius 2 is 1.94 bits per heavy atom. The van der Waals surface area contributed by atoms with Crippen molar-refractivity contribution in [3.8, 4) is 0 Å². The molecule has 0 spiro atoms. The van der Waals surface area contributed by atoms with Crippen LogP contribution in [0.4, 0.5) is 0 Å². The van der Waals surface area contributed by atoms with Gasteiger partial charge in [0.25, 0.3) is 5.91 Å². The molecule has 0 radical (unpaired) electrons. The highest BCUT2D eigenvalue weighted by Gasteiger charge is 2.30. The highest BCUT2D eigenvalue weighted by atomic mass is 32.2. The number of rotatable bonds is 2. The lowest BCUT2D eigenvalue weighted by Crippen LogP contribution is -2.45. The zero-order valence-corrected chi connectivity index (χ0v) is 11.7. The first-order valence-electron chi connectivity index (χ1n) is 6.18. The minimum absolute atomic E-state index is 0.0791. The van der Waals surface area contributed by atoms with E-state index < -0.39 is 5.60 Å². The largest absolute Gasteiger partial charge is 0.390 e. The van der Waals surface area contributed by atoms with Crippen LogP contribution in [0.3, 0.4) is 0 Å². The summed E-state index contributed by atoms with van der Waals surface area (Å²) in [6.45, 7) is 3.10. The summed E-state index contributed by atoms with van der Waals surface area (Å²) in [5, 5.41) is 9.90. The van der Waals surface area contributed by atoms with Crippen LogP contribution in [-0.4, -0.2) is 40.9 Å². The molecule has 1 amide bonds. The van der Waals surface area contributed by atoms with Crippen LogP contribution in [0.5, 0.6) is 0 Å². The monoisotopic (exact) mass is 265 g/mol. The molecular weight excluding hydrogens is 246 g/mol. The average Bonchev–Trinajstić information content (AvgIpc) is 2.38. The van der Waals surface area contributed by atoms with E-state index in [0.717, 1.165) is 10.5 Å². The van der Waals surface area contributed by atoms with E-state index in [2.05, 4.69) is 0 Å². The van der Waals surface area contributed by atoms with Gasteiger partial charge in [0.05, 0.1) is 11.2 Å². The van der Waals surface area contributed by atoms with Crippen LogP contribution in [0.1, 0.15) is 30.1 Å². The molecule has 1 heterocycles. The Labute approximate surface area is 112 Å². The van der Waals surface area contributed by atoms with Crippen molar-refractivity contribution in [3.05, 3.63) is 29.8 Å². The standard InChI is InChI=1S/C14H19NO2S/c1-14(17)7-9-15(10-8-14)13(16)11-5-3-4-6-12(11)18-2/h3-6,17H,7-10H2,1-2H3. The first kappa shape index (κ1) is 13.4. The molecule has 3 nitrogen and oxygen atoms in total. The van der Waals surface area contributed by atoms with Gasteiger partial charge >= 0.3 is 0 Å². The molecule has 0 saturated carbocycles. The van der Waals surface area contributed by atoms with Crippen molar-refractivity contribution in [2.75, 3.05) is 19.3 Å². The Morgan fingerprint density at radius 3 is 2.56 bits per heavy atom. The summed E-state index contributed by atoms with van der Waals surface area (Å²) in [5.41, 5.74) is 0.155. The zero-order chi connectivity index (χ0) is 13.2. The Balaban J connectivity index is 2.13. The van der Waals surface area contributed by atoms with Gasteiger partial charge in [-0.1, -0.05) is 12.1 Å². The van der Waals surface area contributed by atoms with Crippen molar-refractivity contribution in [2.45, 2.75) is 30.3 Å². The minimum Gasteiger partial charge on any atom is -0.390 e. The second kappa shape index (κ2) is 5.33. The van der Waals surface area contributed by atoms with Crippen molar-refractivity contribution in [3.63, 3.8) is 0 Å². The van der Waals surface area contributed by atoms with Gasteiger partial charge in [0.1, 0.15) is 0 Å². The third kappa shape index (κ3) is 2.87. The molecule has 0 aromatic heterocycles. The lowest BCUT2D eigenvalue weighted by Gasteiger charge is -2.36. The SMILES string of the molecule is CSc1ccccc1C(=O)N1CCC(C)(O)CC1. The van der Waals surface area contributed by atoms with E-state index in [1.807, 2.05) is 42.3 Å². The Bertz CT molecular complexity index is 435.